The molecule has 2 aromatic carbocycles. The van der Waals surface area contributed by atoms with Crippen LogP contribution in [0.25, 0.3) is 0 Å². The molecular formula is C34H36Cl6O8. The van der Waals surface area contributed by atoms with Crippen LogP contribution in [-0.4, -0.2) is 37.1 Å². The molecule has 2 aliphatic carbocycles. The molecule has 2 fully saturated rings. The Kier molecular flexibility index (Phi) is 13.6. The molecule has 0 bridgehead atoms. The van der Waals surface area contributed by atoms with Gasteiger partial charge in [-0.3, -0.25) is 0 Å². The molecule has 2 aromatic rings. The van der Waals surface area contributed by atoms with E-state index >= 15 is 0 Å². The minimum Gasteiger partial charge on any atom is -0.462 e. The summed E-state index contributed by atoms with van der Waals surface area (Å²) in [5, 5.41) is -1.44. The zero-order chi connectivity index (χ0) is 35.4. The molecule has 0 radical (unpaired) electrons. The van der Waals surface area contributed by atoms with Crippen molar-refractivity contribution in [3.05, 3.63) is 53.4 Å². The smallest absolute Gasteiger partial charge is 0.423 e. The molecule has 0 aromatic heterocycles. The van der Waals surface area contributed by atoms with Crippen LogP contribution in [0.15, 0.2) is 12.1 Å². The number of carbonyl (C=O) groups excluding carboxylic acids is 4. The van der Waals surface area contributed by atoms with Gasteiger partial charge in [-0.05, 0) is 73.3 Å². The lowest BCUT2D eigenvalue weighted by atomic mass is 9.63. The van der Waals surface area contributed by atoms with Gasteiger partial charge < -0.3 is 18.9 Å². The summed E-state index contributed by atoms with van der Waals surface area (Å²) in [6.07, 6.45) is 5.40. The Morgan fingerprint density at radius 2 is 0.979 bits per heavy atom. The first-order valence-electron chi connectivity index (χ1n) is 15.8. The van der Waals surface area contributed by atoms with Crippen LogP contribution in [0.1, 0.15) is 86.9 Å². The van der Waals surface area contributed by atoms with Crippen molar-refractivity contribution < 1.29 is 38.1 Å². The molecule has 0 heterocycles. The van der Waals surface area contributed by atoms with Gasteiger partial charge in [0.25, 0.3) is 0 Å². The van der Waals surface area contributed by atoms with Crippen LogP contribution in [0.4, 0.5) is 0 Å². The molecule has 8 nitrogen and oxygen atoms in total. The first kappa shape index (κ1) is 38.9. The molecule has 0 amide bonds. The molecule has 14 heteroatoms. The zero-order valence-electron chi connectivity index (χ0n) is 26.8. The number of rotatable bonds is 12. The summed E-state index contributed by atoms with van der Waals surface area (Å²) in [5.74, 6) is -3.18. The molecule has 0 aliphatic heterocycles. The molecule has 6 atom stereocenters. The van der Waals surface area contributed by atoms with Crippen LogP contribution in [-0.2, 0) is 19.1 Å². The third kappa shape index (κ3) is 8.50. The lowest BCUT2D eigenvalue weighted by Gasteiger charge is -2.42. The summed E-state index contributed by atoms with van der Waals surface area (Å²) in [4.78, 5) is 52.3. The minimum absolute atomic E-state index is 0.0796. The van der Waals surface area contributed by atoms with Gasteiger partial charge in [-0.1, -0.05) is 110 Å². The van der Waals surface area contributed by atoms with Crippen molar-refractivity contribution >= 4 is 93.5 Å². The Labute approximate surface area is 309 Å². The number of halogens is 6. The van der Waals surface area contributed by atoms with E-state index in [4.69, 9.17) is 88.6 Å². The van der Waals surface area contributed by atoms with Crippen LogP contribution >= 0.6 is 69.6 Å². The molecule has 0 saturated heterocycles. The average molecular weight is 785 g/mol. The highest BCUT2D eigenvalue weighted by Gasteiger charge is 2.38. The van der Waals surface area contributed by atoms with Gasteiger partial charge in [0.15, 0.2) is 11.5 Å². The summed E-state index contributed by atoms with van der Waals surface area (Å²) in [6, 6.07) is 2.27. The maximum Gasteiger partial charge on any atom is 0.423 e. The van der Waals surface area contributed by atoms with Gasteiger partial charge in [-0.15, -0.1) is 0 Å². The number of benzene rings is 2. The number of esters is 4. The maximum atomic E-state index is 13.1. The summed E-state index contributed by atoms with van der Waals surface area (Å²) in [6.45, 7) is 8.79. The van der Waals surface area contributed by atoms with Gasteiger partial charge in [0.2, 0.25) is 0 Å². The molecule has 0 N–H and O–H groups in total. The van der Waals surface area contributed by atoms with Crippen LogP contribution in [0.5, 0.6) is 11.5 Å². The Balaban J connectivity index is 1.47. The second-order valence-electron chi connectivity index (χ2n) is 12.4. The van der Waals surface area contributed by atoms with Crippen molar-refractivity contribution in [1.29, 1.82) is 0 Å². The van der Waals surface area contributed by atoms with Crippen LogP contribution < -0.4 is 9.47 Å². The normalized spacial score (nSPS) is 23.0. The van der Waals surface area contributed by atoms with E-state index in [0.29, 0.717) is 48.3 Å². The Hall–Kier alpha value is -1.94. The van der Waals surface area contributed by atoms with Crippen LogP contribution in [0, 0.1) is 35.5 Å². The van der Waals surface area contributed by atoms with Crippen molar-refractivity contribution in [1.82, 2.24) is 0 Å². The van der Waals surface area contributed by atoms with Crippen molar-refractivity contribution in [3.8, 4) is 11.5 Å². The lowest BCUT2D eigenvalue weighted by molar-refractivity contribution is -0.156. The van der Waals surface area contributed by atoms with Gasteiger partial charge >= 0.3 is 23.9 Å². The first-order valence-corrected chi connectivity index (χ1v) is 18.1. The molecule has 48 heavy (non-hydrogen) atoms. The SMILES string of the molecule is CCC1C(C)CC1CCOC(=O)c1c(Cl)c(Cl)cc(Cl)c1OC(=O)C(=O)Oc1c(Cl)cc(Cl)c(Cl)c1C(=O)OCCC1CC(C)C1CC. The summed E-state index contributed by atoms with van der Waals surface area (Å²) >= 11 is 37.5. The Bertz CT molecular complexity index is 1460. The van der Waals surface area contributed by atoms with Crippen LogP contribution in [0.2, 0.25) is 30.1 Å². The van der Waals surface area contributed by atoms with Crippen molar-refractivity contribution in [2.75, 3.05) is 13.2 Å². The Morgan fingerprint density at radius 1 is 0.625 bits per heavy atom. The molecule has 6 unspecified atom stereocenters. The van der Waals surface area contributed by atoms with Gasteiger partial charge in [0, 0.05) is 0 Å². The highest BCUT2D eigenvalue weighted by molar-refractivity contribution is 6.47. The van der Waals surface area contributed by atoms with E-state index in [1.54, 1.807) is 0 Å². The van der Waals surface area contributed by atoms with E-state index in [0.717, 1.165) is 37.8 Å². The topological polar surface area (TPSA) is 105 Å². The monoisotopic (exact) mass is 782 g/mol. The number of ether oxygens (including phenoxy) is 4. The van der Waals surface area contributed by atoms with E-state index in [9.17, 15) is 19.2 Å². The predicted molar refractivity (Wildman–Crippen MR) is 186 cm³/mol. The van der Waals surface area contributed by atoms with Crippen molar-refractivity contribution in [2.24, 2.45) is 35.5 Å². The van der Waals surface area contributed by atoms with Gasteiger partial charge in [-0.25, -0.2) is 19.2 Å². The quantitative estimate of drug-likeness (QED) is 0.0907. The van der Waals surface area contributed by atoms with Crippen molar-refractivity contribution in [3.63, 3.8) is 0 Å². The first-order chi connectivity index (χ1) is 22.7. The fraction of sp³-hybridized carbons (Fsp3) is 0.529. The number of hydrogen-bond donors (Lipinski definition) is 0. The summed E-state index contributed by atoms with van der Waals surface area (Å²) < 4.78 is 21.3. The predicted octanol–water partition coefficient (Wildman–Crippen LogP) is 10.6. The van der Waals surface area contributed by atoms with Gasteiger partial charge in [0.1, 0.15) is 11.1 Å². The molecular weight excluding hydrogens is 749 g/mol. The second kappa shape index (κ2) is 16.8. The largest absolute Gasteiger partial charge is 0.462 e. The highest BCUT2D eigenvalue weighted by atomic mass is 35.5. The van der Waals surface area contributed by atoms with Gasteiger partial charge in [0.05, 0.1) is 43.3 Å². The van der Waals surface area contributed by atoms with Gasteiger partial charge in [-0.2, -0.15) is 0 Å². The molecule has 0 spiro atoms. The number of hydrogen-bond acceptors (Lipinski definition) is 8. The zero-order valence-corrected chi connectivity index (χ0v) is 31.3. The fourth-order valence-electron chi connectivity index (χ4n) is 7.07. The van der Waals surface area contributed by atoms with E-state index in [-0.39, 0.29) is 43.3 Å². The molecule has 2 saturated carbocycles. The standard InChI is InChI=1S/C34H36Cl6O8/c1-5-19-15(3)11-17(19)7-9-45-31(41)25-27(39)21(35)13-23(37)29(25)47-33(43)34(44)48-30-24(38)14-22(36)28(40)26(30)32(42)46-10-8-18-12-16(4)20(18)6-2/h13-20H,5-12H2,1-4H3. The van der Waals surface area contributed by atoms with Crippen molar-refractivity contribution in [2.45, 2.75) is 66.2 Å². The average Bonchev–Trinajstić information content (AvgIpc) is 3.01. The molecule has 4 rings (SSSR count). The molecule has 2 aliphatic rings. The summed E-state index contributed by atoms with van der Waals surface area (Å²) in [5.41, 5.74) is -0.903. The fourth-order valence-corrected chi connectivity index (χ4v) is 8.51. The maximum absolute atomic E-state index is 13.1. The van der Waals surface area contributed by atoms with E-state index < -0.39 is 46.5 Å². The molecule has 262 valence electrons. The Morgan fingerprint density at radius 3 is 1.29 bits per heavy atom. The lowest BCUT2D eigenvalue weighted by Crippen LogP contribution is -2.35. The van der Waals surface area contributed by atoms with Crippen LogP contribution in [0.3, 0.4) is 0 Å². The third-order valence-corrected chi connectivity index (χ3v) is 11.8. The highest BCUT2D eigenvalue weighted by Crippen LogP contribution is 2.46. The second-order valence-corrected chi connectivity index (χ2v) is 14.8. The van der Waals surface area contributed by atoms with E-state index in [1.165, 1.54) is 0 Å². The summed E-state index contributed by atoms with van der Waals surface area (Å²) in [7, 11) is 0. The minimum atomic E-state index is -1.63. The van der Waals surface area contributed by atoms with E-state index in [2.05, 4.69) is 27.7 Å². The van der Waals surface area contributed by atoms with E-state index in [1.807, 2.05) is 0 Å². The number of carbonyl (C=O) groups is 4. The third-order valence-electron chi connectivity index (χ3n) is 9.63.